The van der Waals surface area contributed by atoms with Crippen molar-refractivity contribution in [2.75, 3.05) is 41.7 Å². The average Bonchev–Trinajstić information content (AvgIpc) is 2.77. The lowest BCUT2D eigenvalue weighted by atomic mass is 10.2. The highest BCUT2D eigenvalue weighted by molar-refractivity contribution is 6.02. The molecule has 2 aromatic carbocycles. The number of rotatable bonds is 3. The Hall–Kier alpha value is -3.95. The number of alkyl carbamates (subject to hydrolysis) is 2. The number of anilines is 3. The van der Waals surface area contributed by atoms with Gasteiger partial charge in [-0.1, -0.05) is 0 Å². The molecule has 1 aliphatic heterocycles. The van der Waals surface area contributed by atoms with Crippen molar-refractivity contribution < 1.29 is 19.1 Å². The van der Waals surface area contributed by atoms with E-state index in [0.717, 1.165) is 37.6 Å². The first-order valence-electron chi connectivity index (χ1n) is 12.3. The molecule has 2 amide bonds. The van der Waals surface area contributed by atoms with Gasteiger partial charge in [0.05, 0.1) is 5.69 Å². The smallest absolute Gasteiger partial charge is 0.414 e. The van der Waals surface area contributed by atoms with Crippen molar-refractivity contribution in [1.82, 2.24) is 10.6 Å². The van der Waals surface area contributed by atoms with Gasteiger partial charge in [0.25, 0.3) is 0 Å². The first-order chi connectivity index (χ1) is 17.3. The fraction of sp³-hybridized carbons (Fsp3) is 0.444. The minimum Gasteiger partial charge on any atom is -0.444 e. The van der Waals surface area contributed by atoms with E-state index in [9.17, 15) is 9.59 Å². The molecule has 37 heavy (non-hydrogen) atoms. The summed E-state index contributed by atoms with van der Waals surface area (Å²) in [5.74, 6) is -0.0895. The number of amides is 2. The zero-order chi connectivity index (χ0) is 27.2. The van der Waals surface area contributed by atoms with Crippen molar-refractivity contribution >= 4 is 40.9 Å². The van der Waals surface area contributed by atoms with Gasteiger partial charge in [-0.2, -0.15) is 0 Å². The lowest BCUT2D eigenvalue weighted by Gasteiger charge is -2.37. The number of hydrogen-bond donors (Lipinski definition) is 3. The molecule has 0 atom stereocenters. The quantitative estimate of drug-likeness (QED) is 0.313. The third kappa shape index (κ3) is 9.21. The van der Waals surface area contributed by atoms with E-state index in [4.69, 9.17) is 15.2 Å². The molecule has 0 bridgehead atoms. The molecule has 200 valence electrons. The Kier molecular flexibility index (Phi) is 8.52. The summed E-state index contributed by atoms with van der Waals surface area (Å²) < 4.78 is 10.6. The summed E-state index contributed by atoms with van der Waals surface area (Å²) in [4.78, 5) is 33.7. The van der Waals surface area contributed by atoms with Crippen LogP contribution in [0.4, 0.5) is 32.3 Å². The number of ether oxygens (including phenoxy) is 2. The van der Waals surface area contributed by atoms with Gasteiger partial charge in [-0.05, 0) is 90.1 Å². The van der Waals surface area contributed by atoms with Crippen LogP contribution in [-0.2, 0) is 9.47 Å². The monoisotopic (exact) mass is 510 g/mol. The van der Waals surface area contributed by atoms with Crippen LogP contribution in [0.2, 0.25) is 0 Å². The van der Waals surface area contributed by atoms with Crippen LogP contribution in [0.3, 0.4) is 0 Å². The van der Waals surface area contributed by atoms with Gasteiger partial charge in [-0.3, -0.25) is 10.6 Å². The van der Waals surface area contributed by atoms with E-state index in [0.29, 0.717) is 5.69 Å². The van der Waals surface area contributed by atoms with Gasteiger partial charge >= 0.3 is 12.2 Å². The molecule has 3 rings (SSSR count). The van der Waals surface area contributed by atoms with Gasteiger partial charge in [0.15, 0.2) is 0 Å². The Bertz CT molecular complexity index is 1060. The van der Waals surface area contributed by atoms with E-state index in [1.807, 2.05) is 48.5 Å². The number of nitrogens with two attached hydrogens (primary N) is 1. The van der Waals surface area contributed by atoms with Crippen LogP contribution in [0.1, 0.15) is 41.5 Å². The van der Waals surface area contributed by atoms with Gasteiger partial charge in [0.2, 0.25) is 5.96 Å². The minimum absolute atomic E-state index is 0.0895. The molecule has 1 aliphatic rings. The summed E-state index contributed by atoms with van der Waals surface area (Å²) >= 11 is 0. The van der Waals surface area contributed by atoms with E-state index in [2.05, 4.69) is 25.4 Å². The number of nitrogens with zero attached hydrogens (tertiary/aromatic N) is 3. The second-order valence-electron chi connectivity index (χ2n) is 10.8. The van der Waals surface area contributed by atoms with E-state index in [-0.39, 0.29) is 5.96 Å². The van der Waals surface area contributed by atoms with Crippen molar-refractivity contribution in [3.05, 3.63) is 48.5 Å². The van der Waals surface area contributed by atoms with Gasteiger partial charge in [0.1, 0.15) is 11.2 Å². The first kappa shape index (κ1) is 27.6. The summed E-state index contributed by atoms with van der Waals surface area (Å²) in [7, 11) is 0. The number of nitrogens with one attached hydrogen (secondary N) is 2. The zero-order valence-electron chi connectivity index (χ0n) is 22.5. The van der Waals surface area contributed by atoms with Crippen LogP contribution in [0, 0.1) is 0 Å². The van der Waals surface area contributed by atoms with E-state index < -0.39 is 23.4 Å². The molecular weight excluding hydrogens is 472 g/mol. The van der Waals surface area contributed by atoms with Gasteiger partial charge in [0, 0.05) is 43.2 Å². The number of benzene rings is 2. The standard InChI is InChI=1S/C27H38N6O4/c1-26(2,3)36-24(34)30-23(31-25(35)37-27(4,5)6)29-20-9-13-22(14-10-20)33-17-15-32(16-18-33)21-11-7-19(28)8-12-21/h7-14H,15-18,28H2,1-6H3,(H2,29,30,31,34,35). The Balaban J connectivity index is 1.67. The van der Waals surface area contributed by atoms with Crippen LogP contribution in [-0.4, -0.2) is 55.5 Å². The Morgan fingerprint density at radius 1 is 0.730 bits per heavy atom. The van der Waals surface area contributed by atoms with Gasteiger partial charge < -0.3 is 25.0 Å². The predicted molar refractivity (Wildman–Crippen MR) is 148 cm³/mol. The fourth-order valence-electron chi connectivity index (χ4n) is 3.66. The third-order valence-electron chi connectivity index (χ3n) is 5.23. The number of carbonyl (C=O) groups is 2. The summed E-state index contributed by atoms with van der Waals surface area (Å²) in [6.45, 7) is 14.0. The molecule has 1 saturated heterocycles. The number of piperazine rings is 1. The molecule has 0 saturated carbocycles. The normalized spacial score (nSPS) is 14.0. The van der Waals surface area contributed by atoms with Gasteiger partial charge in [-0.15, -0.1) is 0 Å². The Labute approximate surface area is 218 Å². The Morgan fingerprint density at radius 3 is 1.49 bits per heavy atom. The number of carbonyl (C=O) groups excluding carboxylic acids is 2. The summed E-state index contributed by atoms with van der Waals surface area (Å²) in [6.07, 6.45) is -1.48. The SMILES string of the molecule is CC(C)(C)OC(=O)NC(=Nc1ccc(N2CCN(c3ccc(N)cc3)CC2)cc1)NC(=O)OC(C)(C)C. The molecule has 10 nitrogen and oxygen atoms in total. The third-order valence-corrected chi connectivity index (χ3v) is 5.23. The second-order valence-corrected chi connectivity index (χ2v) is 10.8. The van der Waals surface area contributed by atoms with Crippen molar-refractivity contribution in [3.63, 3.8) is 0 Å². The van der Waals surface area contributed by atoms with E-state index in [1.165, 1.54) is 5.69 Å². The van der Waals surface area contributed by atoms with Crippen molar-refractivity contribution in [1.29, 1.82) is 0 Å². The molecule has 2 aromatic rings. The predicted octanol–water partition coefficient (Wildman–Crippen LogP) is 4.63. The van der Waals surface area contributed by atoms with Crippen LogP contribution < -0.4 is 26.2 Å². The topological polar surface area (TPSA) is 122 Å². The maximum Gasteiger partial charge on any atom is 0.414 e. The largest absolute Gasteiger partial charge is 0.444 e. The van der Waals surface area contributed by atoms with Gasteiger partial charge in [-0.25, -0.2) is 14.6 Å². The van der Waals surface area contributed by atoms with Crippen molar-refractivity contribution in [2.45, 2.75) is 52.7 Å². The number of aliphatic imine (C=N–C) groups is 1. The summed E-state index contributed by atoms with van der Waals surface area (Å²) in [5.41, 5.74) is 7.93. The highest BCUT2D eigenvalue weighted by Crippen LogP contribution is 2.24. The maximum atomic E-state index is 12.3. The molecule has 1 heterocycles. The van der Waals surface area contributed by atoms with Crippen LogP contribution in [0.15, 0.2) is 53.5 Å². The summed E-state index contributed by atoms with van der Waals surface area (Å²) in [6, 6.07) is 15.5. The molecular formula is C27H38N6O4. The molecule has 0 aromatic heterocycles. The minimum atomic E-state index is -0.738. The molecule has 0 unspecified atom stereocenters. The van der Waals surface area contributed by atoms with Crippen LogP contribution >= 0.6 is 0 Å². The van der Waals surface area contributed by atoms with E-state index >= 15 is 0 Å². The molecule has 1 fully saturated rings. The number of guanidine groups is 1. The Morgan fingerprint density at radius 2 is 1.11 bits per heavy atom. The lowest BCUT2D eigenvalue weighted by molar-refractivity contribution is 0.0545. The zero-order valence-corrected chi connectivity index (χ0v) is 22.5. The molecule has 0 radical (unpaired) electrons. The average molecular weight is 511 g/mol. The second kappa shape index (κ2) is 11.4. The van der Waals surface area contributed by atoms with Crippen LogP contribution in [0.25, 0.3) is 0 Å². The first-order valence-corrected chi connectivity index (χ1v) is 12.3. The molecule has 0 aliphatic carbocycles. The number of hydrogen-bond acceptors (Lipinski definition) is 8. The van der Waals surface area contributed by atoms with E-state index in [1.54, 1.807) is 41.5 Å². The lowest BCUT2D eigenvalue weighted by Crippen LogP contribution is -2.47. The molecule has 10 heteroatoms. The van der Waals surface area contributed by atoms with Crippen molar-refractivity contribution in [2.24, 2.45) is 4.99 Å². The number of nitrogen functional groups attached to an aromatic ring is 1. The molecule has 4 N–H and O–H groups in total. The molecule has 0 spiro atoms. The summed E-state index contributed by atoms with van der Waals surface area (Å²) in [5, 5.41) is 4.99. The maximum absolute atomic E-state index is 12.3. The highest BCUT2D eigenvalue weighted by Gasteiger charge is 2.22. The van der Waals surface area contributed by atoms with Crippen LogP contribution in [0.5, 0.6) is 0 Å². The van der Waals surface area contributed by atoms with Crippen molar-refractivity contribution in [3.8, 4) is 0 Å². The highest BCUT2D eigenvalue weighted by atomic mass is 16.6. The fourth-order valence-corrected chi connectivity index (χ4v) is 3.66.